The average Bonchev–Trinajstić information content (AvgIpc) is 2.26. The molecule has 0 fully saturated rings. The number of ether oxygens (including phenoxy) is 1. The summed E-state index contributed by atoms with van der Waals surface area (Å²) >= 11 is 1.17. The third-order valence-corrected chi connectivity index (χ3v) is 2.92. The normalized spacial score (nSPS) is 12.4. The molecule has 1 unspecified atom stereocenters. The third kappa shape index (κ3) is 9.62. The van der Waals surface area contributed by atoms with Gasteiger partial charge in [-0.15, -0.1) is 11.8 Å². The van der Waals surface area contributed by atoms with Gasteiger partial charge in [-0.25, -0.2) is 4.79 Å². The van der Waals surface area contributed by atoms with Crippen LogP contribution in [0, 0.1) is 0 Å². The molecule has 0 aliphatic heterocycles. The van der Waals surface area contributed by atoms with E-state index in [9.17, 15) is 14.4 Å². The van der Waals surface area contributed by atoms with E-state index in [2.05, 4.69) is 10.6 Å². The van der Waals surface area contributed by atoms with Crippen molar-refractivity contribution in [3.8, 4) is 0 Å². The predicted molar refractivity (Wildman–Crippen MR) is 78.4 cm³/mol. The van der Waals surface area contributed by atoms with Crippen molar-refractivity contribution in [3.63, 3.8) is 0 Å². The number of amides is 3. The van der Waals surface area contributed by atoms with Gasteiger partial charge in [0.2, 0.25) is 5.91 Å². The number of nitrogens with two attached hydrogens (primary N) is 1. The minimum atomic E-state index is -0.767. The SMILES string of the molecule is CCOC(=O)C(N)CSCC(=O)NC(=O)NC(C)(C)C. The fourth-order valence-corrected chi connectivity index (χ4v) is 1.90. The van der Waals surface area contributed by atoms with E-state index in [-0.39, 0.29) is 18.1 Å². The molecule has 0 aromatic heterocycles. The van der Waals surface area contributed by atoms with Crippen molar-refractivity contribution in [3.05, 3.63) is 0 Å². The summed E-state index contributed by atoms with van der Waals surface area (Å²) in [6, 6.07) is -1.31. The number of urea groups is 1. The van der Waals surface area contributed by atoms with Crippen LogP contribution in [0.2, 0.25) is 0 Å². The van der Waals surface area contributed by atoms with Crippen LogP contribution in [0.5, 0.6) is 0 Å². The zero-order valence-corrected chi connectivity index (χ0v) is 13.1. The van der Waals surface area contributed by atoms with Gasteiger partial charge in [-0.2, -0.15) is 0 Å². The summed E-state index contributed by atoms with van der Waals surface area (Å²) in [6.07, 6.45) is 0. The highest BCUT2D eigenvalue weighted by molar-refractivity contribution is 8.00. The van der Waals surface area contributed by atoms with Gasteiger partial charge < -0.3 is 15.8 Å². The van der Waals surface area contributed by atoms with Crippen LogP contribution in [0.15, 0.2) is 0 Å². The summed E-state index contributed by atoms with van der Waals surface area (Å²) in [5, 5.41) is 4.80. The fraction of sp³-hybridized carbons (Fsp3) is 0.750. The molecule has 0 aliphatic carbocycles. The van der Waals surface area contributed by atoms with Crippen molar-refractivity contribution in [1.29, 1.82) is 0 Å². The highest BCUT2D eigenvalue weighted by Gasteiger charge is 2.17. The van der Waals surface area contributed by atoms with Crippen molar-refractivity contribution in [2.24, 2.45) is 5.73 Å². The van der Waals surface area contributed by atoms with Crippen LogP contribution in [0.1, 0.15) is 27.7 Å². The molecule has 0 spiro atoms. The lowest BCUT2D eigenvalue weighted by Gasteiger charge is -2.20. The van der Waals surface area contributed by atoms with E-state index in [1.165, 1.54) is 11.8 Å². The molecular weight excluding hydrogens is 282 g/mol. The fourth-order valence-electron chi connectivity index (χ4n) is 1.13. The molecule has 116 valence electrons. The molecule has 0 saturated heterocycles. The molecule has 0 rings (SSSR count). The van der Waals surface area contributed by atoms with Crippen molar-refractivity contribution in [2.45, 2.75) is 39.3 Å². The average molecular weight is 305 g/mol. The van der Waals surface area contributed by atoms with Crippen LogP contribution in [0.3, 0.4) is 0 Å². The van der Waals surface area contributed by atoms with Crippen molar-refractivity contribution in [2.75, 3.05) is 18.1 Å². The monoisotopic (exact) mass is 305 g/mol. The van der Waals surface area contributed by atoms with Gasteiger partial charge in [0.1, 0.15) is 6.04 Å². The summed E-state index contributed by atoms with van der Waals surface area (Å²) in [7, 11) is 0. The largest absolute Gasteiger partial charge is 0.465 e. The summed E-state index contributed by atoms with van der Waals surface area (Å²) in [5.41, 5.74) is 5.15. The molecule has 8 heteroatoms. The van der Waals surface area contributed by atoms with Crippen LogP contribution in [0.25, 0.3) is 0 Å². The summed E-state index contributed by atoms with van der Waals surface area (Å²) in [6.45, 7) is 7.39. The Morgan fingerprint density at radius 2 is 1.90 bits per heavy atom. The number of rotatable bonds is 6. The van der Waals surface area contributed by atoms with E-state index < -0.39 is 29.5 Å². The molecule has 0 bridgehead atoms. The second-order valence-electron chi connectivity index (χ2n) is 5.13. The zero-order chi connectivity index (χ0) is 15.8. The van der Waals surface area contributed by atoms with Gasteiger partial charge in [0.25, 0.3) is 0 Å². The maximum Gasteiger partial charge on any atom is 0.323 e. The van der Waals surface area contributed by atoms with Gasteiger partial charge in [0.05, 0.1) is 12.4 Å². The number of carbonyl (C=O) groups is 3. The lowest BCUT2D eigenvalue weighted by molar-refractivity contribution is -0.144. The van der Waals surface area contributed by atoms with E-state index in [1.807, 2.05) is 20.8 Å². The Labute approximate surface area is 123 Å². The van der Waals surface area contributed by atoms with E-state index in [1.54, 1.807) is 6.92 Å². The minimum absolute atomic E-state index is 0.0463. The Morgan fingerprint density at radius 3 is 2.40 bits per heavy atom. The molecule has 1 atom stereocenters. The Hall–Kier alpha value is -1.28. The Kier molecular flexibility index (Phi) is 8.24. The zero-order valence-electron chi connectivity index (χ0n) is 12.3. The van der Waals surface area contributed by atoms with Gasteiger partial charge >= 0.3 is 12.0 Å². The van der Waals surface area contributed by atoms with Gasteiger partial charge in [-0.1, -0.05) is 0 Å². The Balaban J connectivity index is 3.89. The summed E-state index contributed by atoms with van der Waals surface area (Å²) in [4.78, 5) is 34.1. The van der Waals surface area contributed by atoms with Gasteiger partial charge in [-0.3, -0.25) is 14.9 Å². The van der Waals surface area contributed by atoms with Gasteiger partial charge in [0.15, 0.2) is 0 Å². The number of imide groups is 1. The number of esters is 1. The topological polar surface area (TPSA) is 111 Å². The number of nitrogens with one attached hydrogen (secondary N) is 2. The van der Waals surface area contributed by atoms with E-state index in [0.29, 0.717) is 0 Å². The molecule has 0 aromatic carbocycles. The lowest BCUT2D eigenvalue weighted by atomic mass is 10.1. The standard InChI is InChI=1S/C12H23N3O4S/c1-5-19-10(17)8(13)6-20-7-9(16)14-11(18)15-12(2,3)4/h8H,5-7,13H2,1-4H3,(H2,14,15,16,18). The predicted octanol–water partition coefficient (Wildman–Crippen LogP) is 0.234. The number of hydrogen-bond donors (Lipinski definition) is 3. The summed E-state index contributed by atoms with van der Waals surface area (Å²) in [5.74, 6) is -0.628. The lowest BCUT2D eigenvalue weighted by Crippen LogP contribution is -2.48. The first-order valence-corrected chi connectivity index (χ1v) is 7.43. The van der Waals surface area contributed by atoms with Crippen LogP contribution in [-0.2, 0) is 14.3 Å². The molecule has 0 aromatic rings. The molecular formula is C12H23N3O4S. The third-order valence-electron chi connectivity index (χ3n) is 1.86. The number of thioether (sulfide) groups is 1. The highest BCUT2D eigenvalue weighted by atomic mass is 32.2. The molecule has 7 nitrogen and oxygen atoms in total. The molecule has 3 amide bonds. The van der Waals surface area contributed by atoms with Crippen LogP contribution >= 0.6 is 11.8 Å². The van der Waals surface area contributed by atoms with Crippen LogP contribution in [-0.4, -0.2) is 47.6 Å². The quantitative estimate of drug-likeness (QED) is 0.606. The second kappa shape index (κ2) is 8.80. The molecule has 0 aliphatic rings. The van der Waals surface area contributed by atoms with Crippen molar-refractivity contribution >= 4 is 29.7 Å². The maximum atomic E-state index is 11.5. The first kappa shape index (κ1) is 18.7. The Morgan fingerprint density at radius 1 is 1.30 bits per heavy atom. The molecule has 0 saturated carbocycles. The Bertz CT molecular complexity index is 355. The second-order valence-corrected chi connectivity index (χ2v) is 6.16. The molecule has 0 radical (unpaired) electrons. The molecule has 0 heterocycles. The highest BCUT2D eigenvalue weighted by Crippen LogP contribution is 2.03. The van der Waals surface area contributed by atoms with Crippen molar-refractivity contribution in [1.82, 2.24) is 10.6 Å². The summed E-state index contributed by atoms with van der Waals surface area (Å²) < 4.78 is 4.74. The van der Waals surface area contributed by atoms with Gasteiger partial charge in [0, 0.05) is 11.3 Å². The first-order valence-electron chi connectivity index (χ1n) is 6.27. The number of hydrogen-bond acceptors (Lipinski definition) is 6. The van der Waals surface area contributed by atoms with Crippen molar-refractivity contribution < 1.29 is 19.1 Å². The van der Waals surface area contributed by atoms with Crippen LogP contribution in [0.4, 0.5) is 4.79 Å². The molecule has 20 heavy (non-hydrogen) atoms. The van der Waals surface area contributed by atoms with E-state index in [0.717, 1.165) is 0 Å². The first-order chi connectivity index (χ1) is 9.15. The minimum Gasteiger partial charge on any atom is -0.465 e. The molecule has 4 N–H and O–H groups in total. The van der Waals surface area contributed by atoms with Gasteiger partial charge in [-0.05, 0) is 27.7 Å². The maximum absolute atomic E-state index is 11.5. The van der Waals surface area contributed by atoms with E-state index in [4.69, 9.17) is 10.5 Å². The van der Waals surface area contributed by atoms with E-state index >= 15 is 0 Å². The smallest absolute Gasteiger partial charge is 0.323 e. The number of carbonyl (C=O) groups excluding carboxylic acids is 3. The van der Waals surface area contributed by atoms with Crippen LogP contribution < -0.4 is 16.4 Å².